The molecule has 3 rings (SSSR count). The van der Waals surface area contributed by atoms with Crippen LogP contribution in [-0.4, -0.2) is 34.7 Å². The third kappa shape index (κ3) is 3.96. The van der Waals surface area contributed by atoms with Gasteiger partial charge in [0.15, 0.2) is 11.4 Å². The average molecular weight is 377 g/mol. The maximum Gasteiger partial charge on any atom is 0.347 e. The zero-order valence-corrected chi connectivity index (χ0v) is 15.9. The summed E-state index contributed by atoms with van der Waals surface area (Å²) < 4.78 is 12.6. The molecule has 0 amide bonds. The van der Waals surface area contributed by atoms with E-state index in [0.717, 1.165) is 17.6 Å². The molecule has 0 fully saturated rings. The monoisotopic (exact) mass is 377 g/mol. The highest BCUT2D eigenvalue weighted by molar-refractivity contribution is 6.16. The second-order valence-corrected chi connectivity index (χ2v) is 6.04. The highest BCUT2D eigenvalue weighted by Gasteiger charge is 2.29. The molecule has 0 spiro atoms. The minimum absolute atomic E-state index is 0.247. The van der Waals surface area contributed by atoms with E-state index in [1.165, 1.54) is 0 Å². The van der Waals surface area contributed by atoms with Gasteiger partial charge in [-0.05, 0) is 6.92 Å². The third-order valence-electron chi connectivity index (χ3n) is 4.18. The Hall–Kier alpha value is -3.41. The second kappa shape index (κ2) is 8.99. The molecule has 0 saturated heterocycles. The largest absolute Gasteiger partial charge is 0.477 e. The summed E-state index contributed by atoms with van der Waals surface area (Å²) in [5.74, 6) is 0.180. The van der Waals surface area contributed by atoms with Crippen molar-refractivity contribution in [2.45, 2.75) is 19.9 Å². The molecule has 0 radical (unpaired) electrons. The van der Waals surface area contributed by atoms with E-state index in [4.69, 9.17) is 14.5 Å². The lowest BCUT2D eigenvalue weighted by Gasteiger charge is -2.15. The number of hydrogen-bond donors (Lipinski definition) is 0. The first-order chi connectivity index (χ1) is 13.7. The van der Waals surface area contributed by atoms with Gasteiger partial charge in [-0.3, -0.25) is 0 Å². The van der Waals surface area contributed by atoms with Crippen LogP contribution in [0.1, 0.15) is 29.3 Å². The molecule has 1 aromatic carbocycles. The van der Waals surface area contributed by atoms with Crippen molar-refractivity contribution in [1.82, 2.24) is 9.78 Å². The number of fused-ring (bicyclic) bond motifs is 1. The minimum Gasteiger partial charge on any atom is -0.477 e. The molecule has 2 aromatic rings. The van der Waals surface area contributed by atoms with Crippen molar-refractivity contribution in [3.05, 3.63) is 78.4 Å². The highest BCUT2D eigenvalue weighted by Crippen LogP contribution is 2.33. The van der Waals surface area contributed by atoms with Crippen molar-refractivity contribution in [2.75, 3.05) is 13.2 Å². The van der Waals surface area contributed by atoms with E-state index in [-0.39, 0.29) is 18.0 Å². The fraction of sp³-hybridized carbons (Fsp3) is 0.227. The molecule has 0 saturated carbocycles. The van der Waals surface area contributed by atoms with Gasteiger partial charge in [0.1, 0.15) is 0 Å². The Balaban J connectivity index is 2.21. The molecule has 0 N–H and O–H groups in total. The summed E-state index contributed by atoms with van der Waals surface area (Å²) in [7, 11) is 0. The standard InChI is InChI=1S/C22H23N3O3/c1-4-11-16(5-2)19(17-12-8-7-9-13-17)23-20-18(22(26)27-6-3)21-25(24-20)14-10-15-28-21/h4-5,7-9,11-13H,1-2,6,10,14-15H2,3H3/b16-11+,23-19?. The summed E-state index contributed by atoms with van der Waals surface area (Å²) in [6.07, 6.45) is 6.00. The first kappa shape index (κ1) is 19.4. The van der Waals surface area contributed by atoms with Gasteiger partial charge in [0, 0.05) is 24.1 Å². The number of allylic oxidation sites excluding steroid dienone is 4. The van der Waals surface area contributed by atoms with Crippen LogP contribution in [0.25, 0.3) is 0 Å². The van der Waals surface area contributed by atoms with Gasteiger partial charge in [-0.25, -0.2) is 14.5 Å². The summed E-state index contributed by atoms with van der Waals surface area (Å²) in [4.78, 5) is 17.3. The van der Waals surface area contributed by atoms with E-state index in [2.05, 4.69) is 18.3 Å². The predicted octanol–water partition coefficient (Wildman–Crippen LogP) is 4.26. The van der Waals surface area contributed by atoms with Crippen LogP contribution in [0.2, 0.25) is 0 Å². The number of benzene rings is 1. The lowest BCUT2D eigenvalue weighted by Crippen LogP contribution is -2.16. The van der Waals surface area contributed by atoms with Gasteiger partial charge in [-0.1, -0.05) is 61.7 Å². The summed E-state index contributed by atoms with van der Waals surface area (Å²) in [5, 5.41) is 4.51. The Bertz CT molecular complexity index is 939. The first-order valence-electron chi connectivity index (χ1n) is 9.20. The topological polar surface area (TPSA) is 65.7 Å². The number of rotatable bonds is 7. The smallest absolute Gasteiger partial charge is 0.347 e. The number of aliphatic imine (C=N–C) groups is 1. The average Bonchev–Trinajstić information content (AvgIpc) is 3.09. The first-order valence-corrected chi connectivity index (χ1v) is 9.20. The van der Waals surface area contributed by atoms with Gasteiger partial charge in [-0.15, -0.1) is 5.10 Å². The zero-order chi connectivity index (χ0) is 19.9. The van der Waals surface area contributed by atoms with Gasteiger partial charge in [0.2, 0.25) is 5.88 Å². The Morgan fingerprint density at radius 1 is 1.36 bits per heavy atom. The van der Waals surface area contributed by atoms with Crippen LogP contribution < -0.4 is 4.74 Å². The number of hydrogen-bond acceptors (Lipinski definition) is 5. The molecule has 1 aromatic heterocycles. The number of nitrogens with zero attached hydrogens (tertiary/aromatic N) is 3. The summed E-state index contributed by atoms with van der Waals surface area (Å²) in [6, 6.07) is 9.66. The number of esters is 1. The van der Waals surface area contributed by atoms with Crippen LogP contribution in [-0.2, 0) is 11.3 Å². The molecule has 6 heteroatoms. The molecule has 6 nitrogen and oxygen atoms in total. The van der Waals surface area contributed by atoms with Crippen LogP contribution >= 0.6 is 0 Å². The molecule has 28 heavy (non-hydrogen) atoms. The molecule has 144 valence electrons. The Labute approximate surface area is 164 Å². The predicted molar refractivity (Wildman–Crippen MR) is 109 cm³/mol. The SMILES string of the molecule is C=C/C=C(\C=C)C(=Nc1nn2c(c1C(=O)OCC)OCCC2)c1ccccc1. The van der Waals surface area contributed by atoms with E-state index in [1.807, 2.05) is 36.4 Å². The van der Waals surface area contributed by atoms with Crippen molar-refractivity contribution < 1.29 is 14.3 Å². The number of carbonyl (C=O) groups excluding carboxylic acids is 1. The fourth-order valence-electron chi connectivity index (χ4n) is 2.94. The Morgan fingerprint density at radius 2 is 2.14 bits per heavy atom. The van der Waals surface area contributed by atoms with Crippen LogP contribution in [0.5, 0.6) is 5.88 Å². The van der Waals surface area contributed by atoms with Crippen LogP contribution in [0.15, 0.2) is 72.3 Å². The molecule has 0 bridgehead atoms. The molecule has 2 heterocycles. The normalized spacial score (nSPS) is 14.0. The van der Waals surface area contributed by atoms with Crippen LogP contribution in [0.4, 0.5) is 5.82 Å². The maximum atomic E-state index is 12.6. The lowest BCUT2D eigenvalue weighted by atomic mass is 10.0. The molecule has 0 atom stereocenters. The lowest BCUT2D eigenvalue weighted by molar-refractivity contribution is 0.0520. The van der Waals surface area contributed by atoms with Gasteiger partial charge >= 0.3 is 5.97 Å². The van der Waals surface area contributed by atoms with Crippen molar-refractivity contribution >= 4 is 17.5 Å². The van der Waals surface area contributed by atoms with Crippen molar-refractivity contribution in [3.63, 3.8) is 0 Å². The van der Waals surface area contributed by atoms with Gasteiger partial charge in [-0.2, -0.15) is 0 Å². The summed E-state index contributed by atoms with van der Waals surface area (Å²) in [6.45, 7) is 10.8. The number of aryl methyl sites for hydroxylation is 1. The van der Waals surface area contributed by atoms with E-state index >= 15 is 0 Å². The summed E-state index contributed by atoms with van der Waals surface area (Å²) in [5.41, 5.74) is 2.52. The van der Waals surface area contributed by atoms with Gasteiger partial charge in [0.05, 0.1) is 18.9 Å². The molecule has 0 aliphatic carbocycles. The molecule has 1 aliphatic rings. The van der Waals surface area contributed by atoms with E-state index in [0.29, 0.717) is 24.7 Å². The Morgan fingerprint density at radius 3 is 2.82 bits per heavy atom. The van der Waals surface area contributed by atoms with Crippen LogP contribution in [0.3, 0.4) is 0 Å². The number of aromatic nitrogens is 2. The van der Waals surface area contributed by atoms with E-state index in [1.54, 1.807) is 23.8 Å². The van der Waals surface area contributed by atoms with Crippen molar-refractivity contribution in [3.8, 4) is 5.88 Å². The number of carbonyl (C=O) groups is 1. The van der Waals surface area contributed by atoms with Crippen molar-refractivity contribution in [1.29, 1.82) is 0 Å². The minimum atomic E-state index is -0.496. The second-order valence-electron chi connectivity index (χ2n) is 6.04. The number of ether oxygens (including phenoxy) is 2. The molecule has 1 aliphatic heterocycles. The fourth-order valence-corrected chi connectivity index (χ4v) is 2.94. The maximum absolute atomic E-state index is 12.6. The van der Waals surface area contributed by atoms with Gasteiger partial charge in [0.25, 0.3) is 0 Å². The van der Waals surface area contributed by atoms with Crippen LogP contribution in [0, 0.1) is 0 Å². The van der Waals surface area contributed by atoms with Gasteiger partial charge < -0.3 is 9.47 Å². The molecular weight excluding hydrogens is 354 g/mol. The van der Waals surface area contributed by atoms with E-state index in [9.17, 15) is 4.79 Å². The molecule has 0 unspecified atom stereocenters. The third-order valence-corrected chi connectivity index (χ3v) is 4.18. The van der Waals surface area contributed by atoms with Crippen molar-refractivity contribution in [2.24, 2.45) is 4.99 Å². The highest BCUT2D eigenvalue weighted by atomic mass is 16.5. The summed E-state index contributed by atoms with van der Waals surface area (Å²) >= 11 is 0. The molecular formula is C22H23N3O3. The quantitative estimate of drug-likeness (QED) is 0.411. The zero-order valence-electron chi connectivity index (χ0n) is 15.9. The Kier molecular flexibility index (Phi) is 6.22. The van der Waals surface area contributed by atoms with E-state index < -0.39 is 5.97 Å².